The van der Waals surface area contributed by atoms with Crippen LogP contribution in [0.25, 0.3) is 10.9 Å². The summed E-state index contributed by atoms with van der Waals surface area (Å²) in [7, 11) is 1.67. The average molecular weight is 267 g/mol. The number of fused-ring (bicyclic) bond motifs is 1. The number of hydrogen-bond acceptors (Lipinski definition) is 2. The highest BCUT2D eigenvalue weighted by Crippen LogP contribution is 2.36. The van der Waals surface area contributed by atoms with E-state index in [9.17, 15) is 0 Å². The molecule has 1 saturated carbocycles. The molecule has 1 aliphatic carbocycles. The van der Waals surface area contributed by atoms with Crippen LogP contribution < -0.4 is 4.74 Å². The van der Waals surface area contributed by atoms with Gasteiger partial charge in [0.05, 0.1) is 23.1 Å². The maximum absolute atomic E-state index is 5.24. The first kappa shape index (κ1) is 9.21. The highest BCUT2D eigenvalue weighted by Gasteiger charge is 2.24. The second-order valence-electron chi connectivity index (χ2n) is 3.89. The van der Waals surface area contributed by atoms with E-state index in [-0.39, 0.29) is 0 Å². The van der Waals surface area contributed by atoms with E-state index in [1.165, 1.54) is 12.8 Å². The van der Waals surface area contributed by atoms with Crippen molar-refractivity contribution in [2.45, 2.75) is 18.9 Å². The molecular weight excluding hydrogens is 256 g/mol. The van der Waals surface area contributed by atoms with Crippen LogP contribution in [0.4, 0.5) is 0 Å². The molecule has 0 spiro atoms. The molecule has 1 fully saturated rings. The molecule has 0 aliphatic heterocycles. The fourth-order valence-corrected chi connectivity index (χ4v) is 2.25. The van der Waals surface area contributed by atoms with Crippen molar-refractivity contribution in [2.24, 2.45) is 0 Å². The third-order valence-corrected chi connectivity index (χ3v) is 3.34. The molecule has 3 rings (SSSR count). The van der Waals surface area contributed by atoms with E-state index >= 15 is 0 Å². The number of hydrogen-bond donors (Lipinski definition) is 0. The minimum Gasteiger partial charge on any atom is -0.495 e. The molecule has 78 valence electrons. The summed E-state index contributed by atoms with van der Waals surface area (Å²) in [6.45, 7) is 0. The van der Waals surface area contributed by atoms with Crippen LogP contribution in [0, 0.1) is 0 Å². The Balaban J connectivity index is 2.16. The minimum absolute atomic E-state index is 0.627. The van der Waals surface area contributed by atoms with Crippen LogP contribution in [0.1, 0.15) is 18.9 Å². The van der Waals surface area contributed by atoms with Gasteiger partial charge in [-0.25, -0.2) is 0 Å². The SMILES string of the molecule is COc1cc2nn(C3CC3)cc2cc1Br. The van der Waals surface area contributed by atoms with Gasteiger partial charge in [-0.2, -0.15) is 5.10 Å². The standard InChI is InChI=1S/C11H11BrN2O/c1-15-11-5-10-7(4-9(11)12)6-14(13-10)8-2-3-8/h4-6,8H,2-3H2,1H3. The molecule has 0 radical (unpaired) electrons. The summed E-state index contributed by atoms with van der Waals surface area (Å²) in [5.41, 5.74) is 1.00. The Morgan fingerprint density at radius 1 is 1.47 bits per heavy atom. The second kappa shape index (κ2) is 3.23. The molecule has 0 bridgehead atoms. The first-order valence-corrected chi connectivity index (χ1v) is 5.79. The number of benzene rings is 1. The fraction of sp³-hybridized carbons (Fsp3) is 0.364. The molecule has 1 aromatic carbocycles. The largest absolute Gasteiger partial charge is 0.495 e. The number of ether oxygens (including phenoxy) is 1. The smallest absolute Gasteiger partial charge is 0.135 e. The van der Waals surface area contributed by atoms with Crippen molar-refractivity contribution in [1.82, 2.24) is 9.78 Å². The van der Waals surface area contributed by atoms with Gasteiger partial charge in [-0.15, -0.1) is 0 Å². The Bertz CT molecular complexity index is 517. The lowest BCUT2D eigenvalue weighted by molar-refractivity contribution is 0.412. The van der Waals surface area contributed by atoms with Crippen molar-refractivity contribution < 1.29 is 4.74 Å². The van der Waals surface area contributed by atoms with Crippen molar-refractivity contribution in [2.75, 3.05) is 7.11 Å². The zero-order valence-electron chi connectivity index (χ0n) is 8.40. The molecule has 1 aliphatic rings. The third kappa shape index (κ3) is 1.53. The maximum atomic E-state index is 5.24. The topological polar surface area (TPSA) is 27.1 Å². The Kier molecular flexibility index (Phi) is 1.99. The molecule has 4 heteroatoms. The molecule has 0 saturated heterocycles. The summed E-state index contributed by atoms with van der Waals surface area (Å²) in [5.74, 6) is 0.837. The zero-order chi connectivity index (χ0) is 10.4. The van der Waals surface area contributed by atoms with E-state index < -0.39 is 0 Å². The van der Waals surface area contributed by atoms with Gasteiger partial charge in [-0.1, -0.05) is 0 Å². The number of methoxy groups -OCH3 is 1. The van der Waals surface area contributed by atoms with Gasteiger partial charge < -0.3 is 4.74 Å². The highest BCUT2D eigenvalue weighted by molar-refractivity contribution is 9.10. The molecule has 0 unspecified atom stereocenters. The van der Waals surface area contributed by atoms with Crippen molar-refractivity contribution in [3.05, 3.63) is 22.8 Å². The summed E-state index contributed by atoms with van der Waals surface area (Å²) in [4.78, 5) is 0. The molecule has 2 aromatic rings. The predicted molar refractivity (Wildman–Crippen MR) is 62.3 cm³/mol. The molecule has 15 heavy (non-hydrogen) atoms. The summed E-state index contributed by atoms with van der Waals surface area (Å²) in [6.07, 6.45) is 4.62. The van der Waals surface area contributed by atoms with Gasteiger partial charge in [0.15, 0.2) is 0 Å². The summed E-state index contributed by atoms with van der Waals surface area (Å²) < 4.78 is 8.29. The zero-order valence-corrected chi connectivity index (χ0v) is 9.99. The van der Waals surface area contributed by atoms with E-state index in [0.717, 1.165) is 21.1 Å². The lowest BCUT2D eigenvalue weighted by Gasteiger charge is -2.01. The van der Waals surface area contributed by atoms with Crippen molar-refractivity contribution in [3.8, 4) is 5.75 Å². The van der Waals surface area contributed by atoms with Crippen LogP contribution in [0.15, 0.2) is 22.8 Å². The first-order chi connectivity index (χ1) is 7.28. The van der Waals surface area contributed by atoms with E-state index in [1.54, 1.807) is 7.11 Å². The Morgan fingerprint density at radius 2 is 2.27 bits per heavy atom. The van der Waals surface area contributed by atoms with Crippen LogP contribution in [0.5, 0.6) is 5.75 Å². The Hall–Kier alpha value is -1.03. The van der Waals surface area contributed by atoms with Gasteiger partial charge in [-0.3, -0.25) is 4.68 Å². The van der Waals surface area contributed by atoms with Crippen LogP contribution in [0.3, 0.4) is 0 Å². The van der Waals surface area contributed by atoms with Gasteiger partial charge in [-0.05, 0) is 34.8 Å². The molecule has 1 heterocycles. The number of aromatic nitrogens is 2. The normalized spacial score (nSPS) is 15.9. The summed E-state index contributed by atoms with van der Waals surface area (Å²) in [5, 5.41) is 5.70. The Morgan fingerprint density at radius 3 is 2.93 bits per heavy atom. The predicted octanol–water partition coefficient (Wildman–Crippen LogP) is 3.14. The van der Waals surface area contributed by atoms with E-state index in [4.69, 9.17) is 4.74 Å². The van der Waals surface area contributed by atoms with Gasteiger partial charge in [0, 0.05) is 17.6 Å². The minimum atomic E-state index is 0.627. The van der Waals surface area contributed by atoms with Gasteiger partial charge in [0.25, 0.3) is 0 Å². The van der Waals surface area contributed by atoms with Crippen LogP contribution >= 0.6 is 15.9 Å². The van der Waals surface area contributed by atoms with Crippen molar-refractivity contribution in [3.63, 3.8) is 0 Å². The van der Waals surface area contributed by atoms with Gasteiger partial charge in [0.1, 0.15) is 5.75 Å². The van der Waals surface area contributed by atoms with E-state index in [2.05, 4.69) is 38.0 Å². The van der Waals surface area contributed by atoms with Crippen molar-refractivity contribution in [1.29, 1.82) is 0 Å². The monoisotopic (exact) mass is 266 g/mol. The van der Waals surface area contributed by atoms with E-state index in [0.29, 0.717) is 6.04 Å². The first-order valence-electron chi connectivity index (χ1n) is 5.00. The fourth-order valence-electron chi connectivity index (χ4n) is 1.73. The van der Waals surface area contributed by atoms with Gasteiger partial charge >= 0.3 is 0 Å². The molecule has 0 N–H and O–H groups in total. The lowest BCUT2D eigenvalue weighted by Crippen LogP contribution is -1.92. The second-order valence-corrected chi connectivity index (χ2v) is 4.74. The molecule has 0 amide bonds. The van der Waals surface area contributed by atoms with Gasteiger partial charge in [0.2, 0.25) is 0 Å². The van der Waals surface area contributed by atoms with Crippen LogP contribution in [-0.2, 0) is 0 Å². The molecular formula is C11H11BrN2O. The number of nitrogens with zero attached hydrogens (tertiary/aromatic N) is 2. The lowest BCUT2D eigenvalue weighted by atomic mass is 10.2. The summed E-state index contributed by atoms with van der Waals surface area (Å²) >= 11 is 3.48. The summed E-state index contributed by atoms with van der Waals surface area (Å²) in [6, 6.07) is 4.65. The number of rotatable bonds is 2. The third-order valence-electron chi connectivity index (χ3n) is 2.72. The number of halogens is 1. The Labute approximate surface area is 96.2 Å². The maximum Gasteiger partial charge on any atom is 0.135 e. The van der Waals surface area contributed by atoms with Crippen molar-refractivity contribution >= 4 is 26.8 Å². The average Bonchev–Trinajstić information content (AvgIpc) is 2.99. The van der Waals surface area contributed by atoms with E-state index in [1.807, 2.05) is 6.07 Å². The quantitative estimate of drug-likeness (QED) is 0.835. The van der Waals surface area contributed by atoms with Crippen LogP contribution in [-0.4, -0.2) is 16.9 Å². The molecule has 1 aromatic heterocycles. The highest BCUT2D eigenvalue weighted by atomic mass is 79.9. The molecule has 0 atom stereocenters. The molecule has 3 nitrogen and oxygen atoms in total. The van der Waals surface area contributed by atoms with Crippen LogP contribution in [0.2, 0.25) is 0 Å².